The molecule has 0 spiro atoms. The van der Waals surface area contributed by atoms with Gasteiger partial charge in [-0.05, 0) is 59.9 Å². The largest absolute Gasteiger partial charge is 0.491 e. The summed E-state index contributed by atoms with van der Waals surface area (Å²) in [4.78, 5) is 12.4. The Morgan fingerprint density at radius 1 is 1.03 bits per heavy atom. The molecule has 0 aliphatic rings. The van der Waals surface area contributed by atoms with Gasteiger partial charge >= 0.3 is 5.97 Å². The van der Waals surface area contributed by atoms with Gasteiger partial charge < -0.3 is 19.9 Å². The average molecular weight is 473 g/mol. The minimum atomic E-state index is -1.01. The smallest absolute Gasteiger partial charge is 0.330 e. The van der Waals surface area contributed by atoms with Gasteiger partial charge in [-0.1, -0.05) is 56.7 Å². The number of carbonyl (C=O) groups is 1. The zero-order chi connectivity index (χ0) is 25.0. The van der Waals surface area contributed by atoms with Gasteiger partial charge in [0.05, 0.1) is 24.8 Å². The summed E-state index contributed by atoms with van der Waals surface area (Å²) < 4.78 is 12.0. The maximum Gasteiger partial charge on any atom is 0.330 e. The highest BCUT2D eigenvalue weighted by molar-refractivity contribution is 5.81. The number of anilines is 1. The Labute approximate surface area is 207 Å². The van der Waals surface area contributed by atoms with Crippen LogP contribution in [0.1, 0.15) is 54.1 Å². The van der Waals surface area contributed by atoms with Gasteiger partial charge in [-0.25, -0.2) is 4.79 Å². The predicted molar refractivity (Wildman–Crippen MR) is 137 cm³/mol. The van der Waals surface area contributed by atoms with E-state index in [4.69, 9.17) is 14.7 Å². The zero-order valence-corrected chi connectivity index (χ0v) is 20.3. The Hall–Kier alpha value is -3.82. The van der Waals surface area contributed by atoms with Crippen LogP contribution in [0.15, 0.2) is 66.7 Å². The molecular formula is C29H32N2O4. The van der Waals surface area contributed by atoms with E-state index in [9.17, 15) is 9.90 Å². The van der Waals surface area contributed by atoms with Crippen LogP contribution >= 0.6 is 0 Å². The summed E-state index contributed by atoms with van der Waals surface area (Å²) in [5.41, 5.74) is 4.87. The first-order valence-corrected chi connectivity index (χ1v) is 11.9. The average Bonchev–Trinajstić information content (AvgIpc) is 2.88. The summed E-state index contributed by atoms with van der Waals surface area (Å²) in [6.07, 6.45) is 2.48. The number of benzene rings is 3. The number of carboxylic acids is 1. The highest BCUT2D eigenvalue weighted by Crippen LogP contribution is 2.34. The Morgan fingerprint density at radius 2 is 1.77 bits per heavy atom. The van der Waals surface area contributed by atoms with E-state index in [-0.39, 0.29) is 0 Å². The van der Waals surface area contributed by atoms with Gasteiger partial charge in [0.15, 0.2) is 6.04 Å². The van der Waals surface area contributed by atoms with E-state index in [1.807, 2.05) is 36.4 Å². The van der Waals surface area contributed by atoms with E-state index in [2.05, 4.69) is 31.3 Å². The molecule has 0 bridgehead atoms. The van der Waals surface area contributed by atoms with E-state index in [0.29, 0.717) is 42.4 Å². The second-order valence-electron chi connectivity index (χ2n) is 8.27. The maximum atomic E-state index is 12.4. The van der Waals surface area contributed by atoms with Gasteiger partial charge in [0.25, 0.3) is 0 Å². The summed E-state index contributed by atoms with van der Waals surface area (Å²) in [5, 5.41) is 22.3. The summed E-state index contributed by atoms with van der Waals surface area (Å²) in [7, 11) is 0. The predicted octanol–water partition coefficient (Wildman–Crippen LogP) is 5.91. The molecule has 0 aromatic heterocycles. The molecule has 3 aromatic carbocycles. The maximum absolute atomic E-state index is 12.4. The van der Waals surface area contributed by atoms with Crippen LogP contribution in [0.3, 0.4) is 0 Å². The molecule has 1 atom stereocenters. The highest BCUT2D eigenvalue weighted by Gasteiger charge is 2.26. The van der Waals surface area contributed by atoms with E-state index in [1.54, 1.807) is 24.3 Å². The molecule has 6 heteroatoms. The van der Waals surface area contributed by atoms with Gasteiger partial charge in [-0.15, -0.1) is 0 Å². The number of aryl methyl sites for hydroxylation is 2. The first kappa shape index (κ1) is 25.8. The van der Waals surface area contributed by atoms with Crippen molar-refractivity contribution < 1.29 is 19.4 Å². The summed E-state index contributed by atoms with van der Waals surface area (Å²) >= 11 is 0. The van der Waals surface area contributed by atoms with Crippen molar-refractivity contribution in [1.82, 2.24) is 0 Å². The van der Waals surface area contributed by atoms with Gasteiger partial charge in [0.2, 0.25) is 0 Å². The number of aliphatic carboxylic acids is 1. The third kappa shape index (κ3) is 7.33. The minimum absolute atomic E-state index is 0.311. The molecule has 182 valence electrons. The van der Waals surface area contributed by atoms with Crippen LogP contribution in [-0.4, -0.2) is 24.3 Å². The SMILES string of the molecule is CCCc1cc(CC)cc(C(Nc2ccc(C#N)cc2)C(=O)O)c1OCCOCc1ccccc1. The highest BCUT2D eigenvalue weighted by atomic mass is 16.5. The second-order valence-corrected chi connectivity index (χ2v) is 8.27. The van der Waals surface area contributed by atoms with Crippen LogP contribution in [0.25, 0.3) is 0 Å². The number of hydrogen-bond donors (Lipinski definition) is 2. The van der Waals surface area contributed by atoms with Crippen molar-refractivity contribution in [3.05, 3.63) is 94.5 Å². The lowest BCUT2D eigenvalue weighted by molar-refractivity contribution is -0.138. The Kier molecular flexibility index (Phi) is 9.70. The first-order chi connectivity index (χ1) is 17.0. The number of nitrogens with zero attached hydrogens (tertiary/aromatic N) is 1. The Bertz CT molecular complexity index is 1140. The van der Waals surface area contributed by atoms with Crippen LogP contribution in [0.5, 0.6) is 5.75 Å². The normalized spacial score (nSPS) is 11.5. The molecule has 1 unspecified atom stereocenters. The third-order valence-corrected chi connectivity index (χ3v) is 5.65. The third-order valence-electron chi connectivity index (χ3n) is 5.65. The molecule has 0 fully saturated rings. The van der Waals surface area contributed by atoms with Gasteiger partial charge in [0.1, 0.15) is 12.4 Å². The zero-order valence-electron chi connectivity index (χ0n) is 20.3. The van der Waals surface area contributed by atoms with Crippen molar-refractivity contribution >= 4 is 11.7 Å². The molecule has 0 saturated carbocycles. The van der Waals surface area contributed by atoms with Crippen LogP contribution in [0.2, 0.25) is 0 Å². The van der Waals surface area contributed by atoms with Gasteiger partial charge in [0, 0.05) is 11.3 Å². The standard InChI is InChI=1S/C29H32N2O4/c1-3-8-24-17-21(4-2)18-26(27(29(32)33)31-25-13-11-22(19-30)12-14-25)28(24)35-16-15-34-20-23-9-6-5-7-10-23/h5-7,9-14,17-18,27,31H,3-4,8,15-16,20H2,1-2H3,(H,32,33). The minimum Gasteiger partial charge on any atom is -0.491 e. The molecule has 0 heterocycles. The molecule has 3 rings (SSSR count). The lowest BCUT2D eigenvalue weighted by atomic mass is 9.95. The number of nitriles is 1. The van der Waals surface area contributed by atoms with E-state index in [0.717, 1.165) is 36.0 Å². The fraction of sp³-hybridized carbons (Fsp3) is 0.310. The number of nitrogens with one attached hydrogen (secondary N) is 1. The lowest BCUT2D eigenvalue weighted by Gasteiger charge is -2.23. The molecule has 0 amide bonds. The van der Waals surface area contributed by atoms with Crippen molar-refractivity contribution in [1.29, 1.82) is 5.26 Å². The topological polar surface area (TPSA) is 91.6 Å². The van der Waals surface area contributed by atoms with Crippen molar-refractivity contribution in [2.45, 2.75) is 45.8 Å². The van der Waals surface area contributed by atoms with Gasteiger partial charge in [-0.2, -0.15) is 5.26 Å². The summed E-state index contributed by atoms with van der Waals surface area (Å²) in [5.74, 6) is -0.406. The van der Waals surface area contributed by atoms with E-state index in [1.165, 1.54) is 0 Å². The monoisotopic (exact) mass is 472 g/mol. The van der Waals surface area contributed by atoms with Crippen molar-refractivity contribution in [2.24, 2.45) is 0 Å². The van der Waals surface area contributed by atoms with Crippen LogP contribution in [0.4, 0.5) is 5.69 Å². The fourth-order valence-electron chi connectivity index (χ4n) is 3.88. The summed E-state index contributed by atoms with van der Waals surface area (Å²) in [6.45, 7) is 5.33. The van der Waals surface area contributed by atoms with E-state index < -0.39 is 12.0 Å². The van der Waals surface area contributed by atoms with Crippen LogP contribution < -0.4 is 10.1 Å². The van der Waals surface area contributed by atoms with Crippen molar-refractivity contribution in [3.63, 3.8) is 0 Å². The molecule has 0 aliphatic carbocycles. The summed E-state index contributed by atoms with van der Waals surface area (Å²) in [6, 6.07) is 21.8. The molecule has 0 saturated heterocycles. The molecule has 6 nitrogen and oxygen atoms in total. The Balaban J connectivity index is 1.84. The van der Waals surface area contributed by atoms with Crippen LogP contribution in [-0.2, 0) is 29.0 Å². The molecule has 35 heavy (non-hydrogen) atoms. The quantitative estimate of drug-likeness (QED) is 0.301. The fourth-order valence-corrected chi connectivity index (χ4v) is 3.88. The Morgan fingerprint density at radius 3 is 2.40 bits per heavy atom. The van der Waals surface area contributed by atoms with Crippen molar-refractivity contribution in [2.75, 3.05) is 18.5 Å². The van der Waals surface area contributed by atoms with Crippen LogP contribution in [0, 0.1) is 11.3 Å². The van der Waals surface area contributed by atoms with Crippen molar-refractivity contribution in [3.8, 4) is 11.8 Å². The molecule has 0 aliphatic heterocycles. The second kappa shape index (κ2) is 13.2. The first-order valence-electron chi connectivity index (χ1n) is 11.9. The van der Waals surface area contributed by atoms with Gasteiger partial charge in [-0.3, -0.25) is 0 Å². The molecule has 0 radical (unpaired) electrons. The number of rotatable bonds is 13. The molecular weight excluding hydrogens is 440 g/mol. The van der Waals surface area contributed by atoms with E-state index >= 15 is 0 Å². The number of carboxylic acid groups (broad SMARTS) is 1. The number of ether oxygens (including phenoxy) is 2. The lowest BCUT2D eigenvalue weighted by Crippen LogP contribution is -2.23. The number of hydrogen-bond acceptors (Lipinski definition) is 5. The molecule has 3 aromatic rings. The molecule has 2 N–H and O–H groups in total.